The van der Waals surface area contributed by atoms with Gasteiger partial charge in [-0.15, -0.1) is 0 Å². The van der Waals surface area contributed by atoms with Crippen LogP contribution in [0.5, 0.6) is 5.75 Å². The lowest BCUT2D eigenvalue weighted by Crippen LogP contribution is -2.44. The van der Waals surface area contributed by atoms with E-state index in [1.54, 1.807) is 36.4 Å². The standard InChI is InChI=1S/C18H19ClN2O6/c1-18(2,27-13-7-5-12(19)6-8-13)16(23)26-11-15(22)21-17(24)20-10-14-4-3-9-25-14/h3-9H,10-11H2,1-2H3,(H2,20,21,22,24). The topological polar surface area (TPSA) is 107 Å². The second-order valence-corrected chi connectivity index (χ2v) is 6.39. The van der Waals surface area contributed by atoms with Gasteiger partial charge in [-0.05, 0) is 50.2 Å². The van der Waals surface area contributed by atoms with Crippen molar-refractivity contribution in [3.63, 3.8) is 0 Å². The Labute approximate surface area is 160 Å². The highest BCUT2D eigenvalue weighted by Gasteiger charge is 2.32. The Bertz CT molecular complexity index is 787. The van der Waals surface area contributed by atoms with Crippen molar-refractivity contribution in [1.29, 1.82) is 0 Å². The molecular formula is C18H19ClN2O6. The number of rotatable bonds is 7. The monoisotopic (exact) mass is 394 g/mol. The van der Waals surface area contributed by atoms with Crippen LogP contribution in [0.2, 0.25) is 5.02 Å². The lowest BCUT2D eigenvalue weighted by Gasteiger charge is -2.24. The molecule has 0 aliphatic rings. The van der Waals surface area contributed by atoms with E-state index in [0.29, 0.717) is 16.5 Å². The smallest absolute Gasteiger partial charge is 0.350 e. The van der Waals surface area contributed by atoms with Gasteiger partial charge >= 0.3 is 12.0 Å². The maximum atomic E-state index is 12.1. The van der Waals surface area contributed by atoms with Gasteiger partial charge in [-0.1, -0.05) is 11.6 Å². The number of hydrogen-bond acceptors (Lipinski definition) is 6. The van der Waals surface area contributed by atoms with Crippen molar-refractivity contribution < 1.29 is 28.3 Å². The number of imide groups is 1. The summed E-state index contributed by atoms with van der Waals surface area (Å²) in [6, 6.07) is 9.06. The summed E-state index contributed by atoms with van der Waals surface area (Å²) < 4.78 is 15.5. The Kier molecular flexibility index (Phi) is 6.84. The molecule has 0 aliphatic carbocycles. The number of urea groups is 1. The van der Waals surface area contributed by atoms with Crippen LogP contribution in [0.4, 0.5) is 4.79 Å². The van der Waals surface area contributed by atoms with Gasteiger partial charge in [0.25, 0.3) is 5.91 Å². The number of amides is 3. The first-order valence-electron chi connectivity index (χ1n) is 7.98. The molecule has 1 heterocycles. The van der Waals surface area contributed by atoms with Gasteiger partial charge in [-0.25, -0.2) is 9.59 Å². The molecule has 0 spiro atoms. The first-order valence-corrected chi connectivity index (χ1v) is 8.36. The molecule has 0 saturated heterocycles. The number of benzene rings is 1. The minimum Gasteiger partial charge on any atom is -0.476 e. The van der Waals surface area contributed by atoms with E-state index < -0.39 is 30.1 Å². The Balaban J connectivity index is 1.74. The molecule has 1 aromatic heterocycles. The molecule has 1 aromatic carbocycles. The first-order chi connectivity index (χ1) is 12.8. The minimum absolute atomic E-state index is 0.119. The van der Waals surface area contributed by atoms with E-state index in [1.807, 2.05) is 5.32 Å². The summed E-state index contributed by atoms with van der Waals surface area (Å²) in [5.41, 5.74) is -1.34. The van der Waals surface area contributed by atoms with Crippen LogP contribution in [0, 0.1) is 0 Å². The van der Waals surface area contributed by atoms with Crippen LogP contribution in [0.3, 0.4) is 0 Å². The van der Waals surface area contributed by atoms with Gasteiger partial charge in [0.15, 0.2) is 12.2 Å². The molecule has 8 nitrogen and oxygen atoms in total. The fraction of sp³-hybridized carbons (Fsp3) is 0.278. The van der Waals surface area contributed by atoms with Crippen LogP contribution in [0.25, 0.3) is 0 Å². The van der Waals surface area contributed by atoms with Crippen molar-refractivity contribution in [3.8, 4) is 5.75 Å². The highest BCUT2D eigenvalue weighted by molar-refractivity contribution is 6.30. The van der Waals surface area contributed by atoms with Crippen LogP contribution >= 0.6 is 11.6 Å². The number of hydrogen-bond donors (Lipinski definition) is 2. The maximum Gasteiger partial charge on any atom is 0.350 e. The van der Waals surface area contributed by atoms with E-state index in [-0.39, 0.29) is 6.54 Å². The quantitative estimate of drug-likeness (QED) is 0.699. The van der Waals surface area contributed by atoms with Crippen LogP contribution < -0.4 is 15.4 Å². The third-order valence-corrected chi connectivity index (χ3v) is 3.52. The lowest BCUT2D eigenvalue weighted by molar-refractivity contribution is -0.161. The van der Waals surface area contributed by atoms with Crippen molar-refractivity contribution in [2.24, 2.45) is 0 Å². The molecule has 144 valence electrons. The summed E-state index contributed by atoms with van der Waals surface area (Å²) in [5, 5.41) is 5.00. The Morgan fingerprint density at radius 1 is 1.15 bits per heavy atom. The summed E-state index contributed by atoms with van der Waals surface area (Å²) in [5.74, 6) is -0.584. The highest BCUT2D eigenvalue weighted by Crippen LogP contribution is 2.21. The Morgan fingerprint density at radius 3 is 2.48 bits per heavy atom. The number of esters is 1. The predicted molar refractivity (Wildman–Crippen MR) is 96.2 cm³/mol. The summed E-state index contributed by atoms with van der Waals surface area (Å²) in [6.07, 6.45) is 1.47. The molecule has 0 bridgehead atoms. The zero-order valence-corrected chi connectivity index (χ0v) is 15.5. The Hall–Kier alpha value is -3.00. The van der Waals surface area contributed by atoms with Crippen LogP contribution in [0.1, 0.15) is 19.6 Å². The van der Waals surface area contributed by atoms with Gasteiger partial charge < -0.3 is 19.2 Å². The lowest BCUT2D eigenvalue weighted by atomic mass is 10.1. The number of carbonyl (C=O) groups is 3. The fourth-order valence-electron chi connectivity index (χ4n) is 1.93. The van der Waals surface area contributed by atoms with E-state index in [2.05, 4.69) is 5.32 Å². The number of carbonyl (C=O) groups excluding carboxylic acids is 3. The number of ether oxygens (including phenoxy) is 2. The van der Waals surface area contributed by atoms with Crippen LogP contribution in [-0.4, -0.2) is 30.1 Å². The number of furan rings is 1. The summed E-state index contributed by atoms with van der Waals surface area (Å²) in [4.78, 5) is 35.5. The van der Waals surface area contributed by atoms with Gasteiger partial charge in [0.1, 0.15) is 11.5 Å². The molecule has 2 N–H and O–H groups in total. The van der Waals surface area contributed by atoms with E-state index in [4.69, 9.17) is 25.5 Å². The molecule has 2 rings (SSSR count). The van der Waals surface area contributed by atoms with Crippen molar-refractivity contribution in [3.05, 3.63) is 53.4 Å². The van der Waals surface area contributed by atoms with Gasteiger partial charge in [-0.2, -0.15) is 0 Å². The molecule has 0 unspecified atom stereocenters. The van der Waals surface area contributed by atoms with E-state index in [1.165, 1.54) is 20.1 Å². The van der Waals surface area contributed by atoms with E-state index in [9.17, 15) is 14.4 Å². The predicted octanol–water partition coefficient (Wildman–Crippen LogP) is 2.66. The third kappa shape index (κ3) is 6.67. The van der Waals surface area contributed by atoms with Crippen molar-refractivity contribution in [2.75, 3.05) is 6.61 Å². The van der Waals surface area contributed by atoms with Crippen LogP contribution in [-0.2, 0) is 20.9 Å². The zero-order chi connectivity index (χ0) is 19.9. The first kappa shape index (κ1) is 20.3. The number of nitrogens with one attached hydrogen (secondary N) is 2. The summed E-state index contributed by atoms with van der Waals surface area (Å²) in [6.45, 7) is 2.49. The Morgan fingerprint density at radius 2 is 1.85 bits per heavy atom. The van der Waals surface area contributed by atoms with Crippen molar-refractivity contribution >= 4 is 29.5 Å². The molecule has 0 saturated carbocycles. The average Bonchev–Trinajstić information content (AvgIpc) is 3.13. The second-order valence-electron chi connectivity index (χ2n) is 5.95. The second kappa shape index (κ2) is 9.09. The minimum atomic E-state index is -1.34. The van der Waals surface area contributed by atoms with Crippen molar-refractivity contribution in [1.82, 2.24) is 10.6 Å². The molecule has 0 radical (unpaired) electrons. The molecule has 3 amide bonds. The molecule has 27 heavy (non-hydrogen) atoms. The maximum absolute atomic E-state index is 12.1. The average molecular weight is 395 g/mol. The molecule has 9 heteroatoms. The summed E-state index contributed by atoms with van der Waals surface area (Å²) >= 11 is 5.79. The van der Waals surface area contributed by atoms with Crippen LogP contribution in [0.15, 0.2) is 47.1 Å². The molecular weight excluding hydrogens is 376 g/mol. The molecule has 0 aliphatic heterocycles. The SMILES string of the molecule is CC(C)(Oc1ccc(Cl)cc1)C(=O)OCC(=O)NC(=O)NCc1ccco1. The van der Waals surface area contributed by atoms with E-state index >= 15 is 0 Å². The molecule has 2 aromatic rings. The largest absolute Gasteiger partial charge is 0.476 e. The third-order valence-electron chi connectivity index (χ3n) is 3.27. The fourth-order valence-corrected chi connectivity index (χ4v) is 2.06. The highest BCUT2D eigenvalue weighted by atomic mass is 35.5. The van der Waals surface area contributed by atoms with Gasteiger partial charge in [-0.3, -0.25) is 10.1 Å². The molecule has 0 atom stereocenters. The van der Waals surface area contributed by atoms with Gasteiger partial charge in [0.2, 0.25) is 0 Å². The molecule has 0 fully saturated rings. The zero-order valence-electron chi connectivity index (χ0n) is 14.8. The van der Waals surface area contributed by atoms with E-state index in [0.717, 1.165) is 0 Å². The summed E-state index contributed by atoms with van der Waals surface area (Å²) in [7, 11) is 0. The van der Waals surface area contributed by atoms with Gasteiger partial charge in [0.05, 0.1) is 12.8 Å². The number of halogens is 1. The normalized spacial score (nSPS) is 10.8. The van der Waals surface area contributed by atoms with Gasteiger partial charge in [0, 0.05) is 5.02 Å². The van der Waals surface area contributed by atoms with Crippen molar-refractivity contribution in [2.45, 2.75) is 26.0 Å².